The average molecular weight is 297 g/mol. The van der Waals surface area contributed by atoms with Crippen molar-refractivity contribution in [3.05, 3.63) is 66.2 Å². The minimum atomic E-state index is -0.00634. The van der Waals surface area contributed by atoms with Gasteiger partial charge < -0.3 is 14.8 Å². The minimum Gasteiger partial charge on any atom is -0.378 e. The predicted molar refractivity (Wildman–Crippen MR) is 88.8 cm³/mol. The third-order valence-electron chi connectivity index (χ3n) is 3.94. The van der Waals surface area contributed by atoms with Gasteiger partial charge in [-0.3, -0.25) is 0 Å². The lowest BCUT2D eigenvalue weighted by molar-refractivity contribution is -0.0480. The smallest absolute Gasteiger partial charge is 0.157 e. The lowest BCUT2D eigenvalue weighted by Gasteiger charge is -2.21. The molecule has 1 fully saturated rings. The van der Waals surface area contributed by atoms with E-state index >= 15 is 0 Å². The second kappa shape index (κ2) is 7.97. The van der Waals surface area contributed by atoms with Gasteiger partial charge in [0.25, 0.3) is 0 Å². The summed E-state index contributed by atoms with van der Waals surface area (Å²) < 4.78 is 11.0. The van der Waals surface area contributed by atoms with Crippen LogP contribution in [0.2, 0.25) is 0 Å². The maximum atomic E-state index is 5.52. The molecular weight excluding hydrogens is 274 g/mol. The van der Waals surface area contributed by atoms with Crippen LogP contribution in [0.15, 0.2) is 60.7 Å². The third kappa shape index (κ3) is 4.33. The number of anilines is 1. The Hall–Kier alpha value is -1.84. The maximum Gasteiger partial charge on any atom is 0.157 e. The van der Waals surface area contributed by atoms with Gasteiger partial charge >= 0.3 is 0 Å². The fourth-order valence-electron chi connectivity index (χ4n) is 2.81. The Morgan fingerprint density at radius 2 is 1.55 bits per heavy atom. The van der Waals surface area contributed by atoms with Crippen LogP contribution in [0.5, 0.6) is 0 Å². The molecule has 1 atom stereocenters. The Bertz CT molecular complexity index is 538. The highest BCUT2D eigenvalue weighted by Crippen LogP contribution is 2.25. The van der Waals surface area contributed by atoms with Crippen molar-refractivity contribution in [2.75, 3.05) is 18.5 Å². The summed E-state index contributed by atoms with van der Waals surface area (Å²) in [6.07, 6.45) is 3.08. The second-order valence-corrected chi connectivity index (χ2v) is 5.58. The van der Waals surface area contributed by atoms with E-state index in [0.29, 0.717) is 6.04 Å². The van der Waals surface area contributed by atoms with Gasteiger partial charge in [-0.2, -0.15) is 0 Å². The van der Waals surface area contributed by atoms with Crippen molar-refractivity contribution in [3.63, 3.8) is 0 Å². The Balaban J connectivity index is 1.61. The van der Waals surface area contributed by atoms with E-state index in [1.807, 2.05) is 6.07 Å². The second-order valence-electron chi connectivity index (χ2n) is 5.58. The van der Waals surface area contributed by atoms with Crippen LogP contribution in [0.4, 0.5) is 5.69 Å². The van der Waals surface area contributed by atoms with Gasteiger partial charge in [-0.25, -0.2) is 0 Å². The molecule has 1 heterocycles. The largest absolute Gasteiger partial charge is 0.378 e. The van der Waals surface area contributed by atoms with Crippen molar-refractivity contribution >= 4 is 5.69 Å². The highest BCUT2D eigenvalue weighted by molar-refractivity contribution is 5.45. The van der Waals surface area contributed by atoms with Crippen LogP contribution in [-0.4, -0.2) is 19.5 Å². The number of ether oxygens (including phenoxy) is 2. The van der Waals surface area contributed by atoms with E-state index < -0.39 is 0 Å². The third-order valence-corrected chi connectivity index (χ3v) is 3.94. The molecule has 1 saturated heterocycles. The highest BCUT2D eigenvalue weighted by Gasteiger charge is 2.17. The number of hydrogen-bond acceptors (Lipinski definition) is 3. The molecule has 2 aromatic rings. The molecule has 3 rings (SSSR count). The van der Waals surface area contributed by atoms with Gasteiger partial charge in [-0.15, -0.1) is 0 Å². The van der Waals surface area contributed by atoms with Crippen molar-refractivity contribution < 1.29 is 9.47 Å². The first-order valence-corrected chi connectivity index (χ1v) is 8.01. The zero-order valence-electron chi connectivity index (χ0n) is 12.8. The van der Waals surface area contributed by atoms with Gasteiger partial charge in [0.1, 0.15) is 0 Å². The summed E-state index contributed by atoms with van der Waals surface area (Å²) in [6.45, 7) is 1.46. The summed E-state index contributed by atoms with van der Waals surface area (Å²) in [6, 6.07) is 21.3. The van der Waals surface area contributed by atoms with Crippen LogP contribution in [0.1, 0.15) is 30.9 Å². The molecule has 116 valence electrons. The molecule has 1 aliphatic heterocycles. The molecule has 1 N–H and O–H groups in total. The molecule has 3 heteroatoms. The summed E-state index contributed by atoms with van der Waals surface area (Å²) in [7, 11) is 0. The van der Waals surface area contributed by atoms with Crippen molar-refractivity contribution in [2.45, 2.75) is 31.6 Å². The number of para-hydroxylation sites is 1. The first-order chi connectivity index (χ1) is 10.9. The van der Waals surface area contributed by atoms with Crippen LogP contribution in [-0.2, 0) is 9.47 Å². The Kier molecular flexibility index (Phi) is 5.46. The zero-order valence-corrected chi connectivity index (χ0v) is 12.8. The van der Waals surface area contributed by atoms with Crippen LogP contribution in [0, 0.1) is 0 Å². The summed E-state index contributed by atoms with van der Waals surface area (Å²) in [4.78, 5) is 0. The van der Waals surface area contributed by atoms with Gasteiger partial charge in [-0.1, -0.05) is 48.5 Å². The van der Waals surface area contributed by atoms with Crippen molar-refractivity contribution in [3.8, 4) is 0 Å². The molecule has 1 unspecified atom stereocenters. The predicted octanol–water partition coefficient (Wildman–Crippen LogP) is 4.38. The summed E-state index contributed by atoms with van der Waals surface area (Å²) in [5.74, 6) is 0. The first kappa shape index (κ1) is 15.1. The molecule has 0 bridgehead atoms. The van der Waals surface area contributed by atoms with Gasteiger partial charge in [-0.05, 0) is 37.0 Å². The Morgan fingerprint density at radius 1 is 0.909 bits per heavy atom. The van der Waals surface area contributed by atoms with Gasteiger partial charge in [0, 0.05) is 5.69 Å². The van der Waals surface area contributed by atoms with E-state index in [2.05, 4.69) is 59.9 Å². The van der Waals surface area contributed by atoms with E-state index in [0.717, 1.165) is 38.2 Å². The zero-order chi connectivity index (χ0) is 15.0. The van der Waals surface area contributed by atoms with Crippen LogP contribution >= 0.6 is 0 Å². The number of rotatable bonds is 7. The fraction of sp³-hybridized carbons (Fsp3) is 0.368. The Morgan fingerprint density at radius 3 is 2.23 bits per heavy atom. The number of hydrogen-bond donors (Lipinski definition) is 1. The highest BCUT2D eigenvalue weighted by atomic mass is 16.7. The molecular formula is C19H23NO2. The molecule has 0 spiro atoms. The normalized spacial score (nSPS) is 16.5. The summed E-state index contributed by atoms with van der Waals surface area (Å²) >= 11 is 0. The lowest BCUT2D eigenvalue weighted by atomic mass is 10.0. The standard InChI is InChI=1S/C19H23NO2/c1-3-8-16(9-4-1)18(20-17-10-5-2-6-11-17)12-7-13-19-21-14-15-22-19/h1-6,8-11,18-20H,7,12-15H2. The molecule has 2 aromatic carbocycles. The number of nitrogens with one attached hydrogen (secondary N) is 1. The quantitative estimate of drug-likeness (QED) is 0.822. The van der Waals surface area contributed by atoms with Crippen LogP contribution < -0.4 is 5.32 Å². The van der Waals surface area contributed by atoms with Crippen molar-refractivity contribution in [1.29, 1.82) is 0 Å². The van der Waals surface area contributed by atoms with Crippen LogP contribution in [0.3, 0.4) is 0 Å². The molecule has 0 saturated carbocycles. The monoisotopic (exact) mass is 297 g/mol. The molecule has 0 aliphatic carbocycles. The molecule has 3 nitrogen and oxygen atoms in total. The van der Waals surface area contributed by atoms with E-state index in [4.69, 9.17) is 9.47 Å². The summed E-state index contributed by atoms with van der Waals surface area (Å²) in [5, 5.41) is 3.64. The van der Waals surface area contributed by atoms with E-state index in [-0.39, 0.29) is 6.29 Å². The topological polar surface area (TPSA) is 30.5 Å². The number of benzene rings is 2. The Labute approximate surface area is 132 Å². The van der Waals surface area contributed by atoms with Gasteiger partial charge in [0.05, 0.1) is 19.3 Å². The SMILES string of the molecule is c1ccc(NC(CCCC2OCCO2)c2ccccc2)cc1. The maximum absolute atomic E-state index is 5.52. The fourth-order valence-corrected chi connectivity index (χ4v) is 2.81. The van der Waals surface area contributed by atoms with E-state index in [1.54, 1.807) is 0 Å². The molecule has 0 radical (unpaired) electrons. The average Bonchev–Trinajstić information content (AvgIpc) is 3.09. The molecule has 1 aliphatic rings. The van der Waals surface area contributed by atoms with Crippen LogP contribution in [0.25, 0.3) is 0 Å². The first-order valence-electron chi connectivity index (χ1n) is 8.01. The van der Waals surface area contributed by atoms with Gasteiger partial charge in [0.2, 0.25) is 0 Å². The van der Waals surface area contributed by atoms with Crippen molar-refractivity contribution in [1.82, 2.24) is 0 Å². The molecule has 22 heavy (non-hydrogen) atoms. The lowest BCUT2D eigenvalue weighted by Crippen LogP contribution is -2.13. The van der Waals surface area contributed by atoms with E-state index in [1.165, 1.54) is 5.56 Å². The van der Waals surface area contributed by atoms with Gasteiger partial charge in [0.15, 0.2) is 6.29 Å². The summed E-state index contributed by atoms with van der Waals surface area (Å²) in [5.41, 5.74) is 2.48. The van der Waals surface area contributed by atoms with E-state index in [9.17, 15) is 0 Å². The minimum absolute atomic E-state index is 0.00634. The van der Waals surface area contributed by atoms with Crippen molar-refractivity contribution in [2.24, 2.45) is 0 Å². The molecule has 0 amide bonds. The molecule has 0 aromatic heterocycles.